The molecule has 128 valence electrons. The van der Waals surface area contributed by atoms with Gasteiger partial charge in [-0.2, -0.15) is 0 Å². The third kappa shape index (κ3) is 4.55. The van der Waals surface area contributed by atoms with Crippen LogP contribution in [0.1, 0.15) is 31.2 Å². The van der Waals surface area contributed by atoms with Gasteiger partial charge in [-0.1, -0.05) is 5.16 Å². The van der Waals surface area contributed by atoms with Gasteiger partial charge in [-0.3, -0.25) is 14.5 Å². The van der Waals surface area contributed by atoms with Crippen molar-refractivity contribution < 1.29 is 24.0 Å². The van der Waals surface area contributed by atoms with Gasteiger partial charge in [0.1, 0.15) is 5.75 Å². The van der Waals surface area contributed by atoms with Gasteiger partial charge < -0.3 is 15.3 Å². The Hall–Kier alpha value is -2.90. The number of methoxy groups -OCH3 is 1. The number of rotatable bonds is 7. The zero-order valence-corrected chi connectivity index (χ0v) is 13.4. The van der Waals surface area contributed by atoms with Gasteiger partial charge in [-0.25, -0.2) is 4.79 Å². The van der Waals surface area contributed by atoms with E-state index in [1.807, 2.05) is 0 Å². The Labute approximate surface area is 139 Å². The molecule has 1 aromatic rings. The van der Waals surface area contributed by atoms with Crippen LogP contribution in [-0.4, -0.2) is 42.2 Å². The van der Waals surface area contributed by atoms with Crippen molar-refractivity contribution in [2.24, 2.45) is 10.9 Å². The predicted octanol–water partition coefficient (Wildman–Crippen LogP) is 0.788. The predicted molar refractivity (Wildman–Crippen MR) is 85.0 cm³/mol. The number of amides is 2. The number of nitrogens with two attached hydrogens (primary N) is 1. The van der Waals surface area contributed by atoms with Crippen LogP contribution in [0.25, 0.3) is 0 Å². The van der Waals surface area contributed by atoms with Crippen LogP contribution in [0.5, 0.6) is 5.75 Å². The minimum Gasteiger partial charge on any atom is -0.497 e. The highest BCUT2D eigenvalue weighted by Crippen LogP contribution is 2.13. The first kappa shape index (κ1) is 17.5. The summed E-state index contributed by atoms with van der Waals surface area (Å²) in [6, 6.07) is 6.80. The van der Waals surface area contributed by atoms with Crippen molar-refractivity contribution >= 4 is 23.6 Å². The van der Waals surface area contributed by atoms with Gasteiger partial charge in [-0.15, -0.1) is 0 Å². The molecule has 1 heterocycles. The number of ether oxygens (including phenoxy) is 1. The van der Waals surface area contributed by atoms with E-state index >= 15 is 0 Å². The topological polar surface area (TPSA) is 111 Å². The number of imide groups is 1. The van der Waals surface area contributed by atoms with Crippen LogP contribution in [0.15, 0.2) is 29.4 Å². The highest BCUT2D eigenvalue weighted by atomic mass is 16.7. The molecular formula is C16H19N3O5. The molecule has 0 aromatic heterocycles. The molecule has 1 aromatic carbocycles. The summed E-state index contributed by atoms with van der Waals surface area (Å²) >= 11 is 0. The molecule has 0 spiro atoms. The van der Waals surface area contributed by atoms with Crippen LogP contribution in [-0.2, 0) is 19.2 Å². The number of hydrogen-bond donors (Lipinski definition) is 1. The third-order valence-corrected chi connectivity index (χ3v) is 3.55. The van der Waals surface area contributed by atoms with Crippen LogP contribution in [0, 0.1) is 0 Å². The molecule has 8 nitrogen and oxygen atoms in total. The van der Waals surface area contributed by atoms with Gasteiger partial charge >= 0.3 is 5.97 Å². The van der Waals surface area contributed by atoms with Gasteiger partial charge in [0.15, 0.2) is 5.84 Å². The molecule has 0 atom stereocenters. The van der Waals surface area contributed by atoms with E-state index in [0.29, 0.717) is 17.7 Å². The van der Waals surface area contributed by atoms with E-state index in [0.717, 1.165) is 0 Å². The minimum absolute atomic E-state index is 0.0381. The fourth-order valence-corrected chi connectivity index (χ4v) is 2.21. The maximum atomic E-state index is 11.6. The van der Waals surface area contributed by atoms with Crippen molar-refractivity contribution in [2.45, 2.75) is 25.7 Å². The molecule has 24 heavy (non-hydrogen) atoms. The Bertz CT molecular complexity index is 638. The summed E-state index contributed by atoms with van der Waals surface area (Å²) in [5, 5.41) is 3.59. The second-order valence-electron chi connectivity index (χ2n) is 5.21. The van der Waals surface area contributed by atoms with E-state index in [1.165, 1.54) is 4.90 Å². The quantitative estimate of drug-likeness (QED) is 0.260. The summed E-state index contributed by atoms with van der Waals surface area (Å²) in [4.78, 5) is 40.4. The van der Waals surface area contributed by atoms with Crippen molar-refractivity contribution in [3.05, 3.63) is 29.8 Å². The lowest BCUT2D eigenvalue weighted by molar-refractivity contribution is -0.145. The molecule has 0 bridgehead atoms. The van der Waals surface area contributed by atoms with E-state index < -0.39 is 5.97 Å². The average molecular weight is 333 g/mol. The molecule has 2 N–H and O–H groups in total. The fraction of sp³-hybridized carbons (Fsp3) is 0.375. The highest BCUT2D eigenvalue weighted by molar-refractivity contribution is 6.01. The first-order valence-electron chi connectivity index (χ1n) is 7.52. The van der Waals surface area contributed by atoms with E-state index in [-0.39, 0.29) is 43.5 Å². The van der Waals surface area contributed by atoms with Gasteiger partial charge in [-0.05, 0) is 30.7 Å². The largest absolute Gasteiger partial charge is 0.497 e. The van der Waals surface area contributed by atoms with Gasteiger partial charge in [0, 0.05) is 31.4 Å². The number of likely N-dealkylation sites (tertiary alicyclic amines) is 1. The first-order chi connectivity index (χ1) is 11.5. The summed E-state index contributed by atoms with van der Waals surface area (Å²) in [6.45, 7) is 0.213. The Morgan fingerprint density at radius 2 is 1.83 bits per heavy atom. The Morgan fingerprint density at radius 1 is 1.21 bits per heavy atom. The van der Waals surface area contributed by atoms with Gasteiger partial charge in [0.05, 0.1) is 7.11 Å². The van der Waals surface area contributed by atoms with Gasteiger partial charge in [0.25, 0.3) is 0 Å². The summed E-state index contributed by atoms with van der Waals surface area (Å²) in [5.41, 5.74) is 6.33. The maximum Gasteiger partial charge on any atom is 0.335 e. The summed E-state index contributed by atoms with van der Waals surface area (Å²) in [7, 11) is 1.55. The van der Waals surface area contributed by atoms with Crippen LogP contribution < -0.4 is 10.5 Å². The molecule has 0 aliphatic carbocycles. The van der Waals surface area contributed by atoms with Crippen LogP contribution >= 0.6 is 0 Å². The first-order valence-corrected chi connectivity index (χ1v) is 7.52. The normalized spacial score (nSPS) is 14.9. The molecule has 2 rings (SSSR count). The monoisotopic (exact) mass is 333 g/mol. The van der Waals surface area contributed by atoms with E-state index in [9.17, 15) is 14.4 Å². The van der Waals surface area contributed by atoms with Crippen LogP contribution in [0.3, 0.4) is 0 Å². The van der Waals surface area contributed by atoms with Crippen molar-refractivity contribution in [3.8, 4) is 5.75 Å². The Balaban J connectivity index is 1.77. The summed E-state index contributed by atoms with van der Waals surface area (Å²) < 4.78 is 5.03. The summed E-state index contributed by atoms with van der Waals surface area (Å²) in [6.07, 6.45) is 0.850. The lowest BCUT2D eigenvalue weighted by atomic mass is 10.2. The lowest BCUT2D eigenvalue weighted by Gasteiger charge is -2.12. The number of nitrogens with zero attached hydrogens (tertiary/aromatic N) is 2. The highest BCUT2D eigenvalue weighted by Gasteiger charge is 2.28. The molecule has 2 amide bonds. The van der Waals surface area contributed by atoms with Gasteiger partial charge in [0.2, 0.25) is 11.8 Å². The van der Waals surface area contributed by atoms with Crippen LogP contribution in [0.4, 0.5) is 0 Å². The average Bonchev–Trinajstić information content (AvgIpc) is 2.91. The Kier molecular flexibility index (Phi) is 5.89. The second-order valence-corrected chi connectivity index (χ2v) is 5.21. The summed E-state index contributed by atoms with van der Waals surface area (Å²) in [5.74, 6) is -0.235. The van der Waals surface area contributed by atoms with Crippen LogP contribution in [0.2, 0.25) is 0 Å². The number of oxime groups is 1. The van der Waals surface area contributed by atoms with Crippen molar-refractivity contribution in [3.63, 3.8) is 0 Å². The number of benzene rings is 1. The standard InChI is InChI=1S/C16H19N3O5/c1-23-12-6-4-11(5-7-12)16(17)18-24-15(22)3-2-10-19-13(20)8-9-14(19)21/h4-7H,2-3,8-10H2,1H3,(H2,17,18). The number of amidine groups is 1. The van der Waals surface area contributed by atoms with E-state index in [4.69, 9.17) is 15.3 Å². The zero-order valence-electron chi connectivity index (χ0n) is 13.4. The zero-order chi connectivity index (χ0) is 17.5. The molecule has 1 aliphatic rings. The fourth-order valence-electron chi connectivity index (χ4n) is 2.21. The molecule has 1 saturated heterocycles. The smallest absolute Gasteiger partial charge is 0.335 e. The van der Waals surface area contributed by atoms with E-state index in [2.05, 4.69) is 5.16 Å². The van der Waals surface area contributed by atoms with Crippen molar-refractivity contribution in [2.75, 3.05) is 13.7 Å². The van der Waals surface area contributed by atoms with Crippen molar-refractivity contribution in [1.29, 1.82) is 0 Å². The third-order valence-electron chi connectivity index (χ3n) is 3.55. The maximum absolute atomic E-state index is 11.6. The van der Waals surface area contributed by atoms with Crippen molar-refractivity contribution in [1.82, 2.24) is 4.90 Å². The molecular weight excluding hydrogens is 314 g/mol. The SMILES string of the molecule is COc1ccc(/C(N)=N\OC(=O)CCCN2C(=O)CCC2=O)cc1. The molecule has 0 unspecified atom stereocenters. The molecule has 8 heteroatoms. The number of hydrogen-bond acceptors (Lipinski definition) is 6. The number of carbonyl (C=O) groups is 3. The van der Waals surface area contributed by atoms with E-state index in [1.54, 1.807) is 31.4 Å². The molecule has 1 aliphatic heterocycles. The lowest BCUT2D eigenvalue weighted by Crippen LogP contribution is -2.30. The molecule has 1 fully saturated rings. The Morgan fingerprint density at radius 3 is 2.42 bits per heavy atom. The molecule has 0 saturated carbocycles. The minimum atomic E-state index is -0.578. The number of carbonyl (C=O) groups excluding carboxylic acids is 3. The second kappa shape index (κ2) is 8.09. The molecule has 0 radical (unpaired) electrons.